The van der Waals surface area contributed by atoms with E-state index in [2.05, 4.69) is 49.7 Å². The first-order valence-corrected chi connectivity index (χ1v) is 9.49. The van der Waals surface area contributed by atoms with Crippen molar-refractivity contribution >= 4 is 11.5 Å². The SMILES string of the molecule is C=CCN(C(C)C)C(C)CC1=C(c2ccc(OC)cc2)CCCNC1=O. The lowest BCUT2D eigenvalue weighted by atomic mass is 9.92. The van der Waals surface area contributed by atoms with Gasteiger partial charge in [0.15, 0.2) is 0 Å². The monoisotopic (exact) mass is 356 g/mol. The number of amides is 1. The average molecular weight is 357 g/mol. The van der Waals surface area contributed by atoms with Crippen LogP contribution in [-0.4, -0.2) is 43.1 Å². The molecule has 1 atom stereocenters. The molecule has 0 aromatic heterocycles. The Morgan fingerprint density at radius 2 is 1.96 bits per heavy atom. The van der Waals surface area contributed by atoms with Crippen molar-refractivity contribution in [2.75, 3.05) is 20.2 Å². The van der Waals surface area contributed by atoms with Crippen LogP contribution in [0, 0.1) is 0 Å². The number of carbonyl (C=O) groups excluding carboxylic acids is 1. The highest BCUT2D eigenvalue weighted by Crippen LogP contribution is 2.30. The number of hydrogen-bond donors (Lipinski definition) is 1. The highest BCUT2D eigenvalue weighted by molar-refractivity contribution is 6.01. The highest BCUT2D eigenvalue weighted by Gasteiger charge is 2.24. The molecule has 4 nitrogen and oxygen atoms in total. The second kappa shape index (κ2) is 9.58. The summed E-state index contributed by atoms with van der Waals surface area (Å²) >= 11 is 0. The van der Waals surface area contributed by atoms with Gasteiger partial charge in [0.1, 0.15) is 5.75 Å². The molecule has 0 spiro atoms. The van der Waals surface area contributed by atoms with Crippen molar-refractivity contribution in [3.63, 3.8) is 0 Å². The smallest absolute Gasteiger partial charge is 0.247 e. The van der Waals surface area contributed by atoms with Crippen LogP contribution in [0.2, 0.25) is 0 Å². The Hall–Kier alpha value is -2.07. The lowest BCUT2D eigenvalue weighted by Crippen LogP contribution is -2.40. The molecule has 2 rings (SSSR count). The second-order valence-electron chi connectivity index (χ2n) is 7.18. The lowest BCUT2D eigenvalue weighted by Gasteiger charge is -2.32. The van der Waals surface area contributed by atoms with Gasteiger partial charge >= 0.3 is 0 Å². The van der Waals surface area contributed by atoms with Crippen molar-refractivity contribution in [1.29, 1.82) is 0 Å². The van der Waals surface area contributed by atoms with Crippen molar-refractivity contribution in [2.45, 2.75) is 52.1 Å². The summed E-state index contributed by atoms with van der Waals surface area (Å²) in [5, 5.41) is 3.06. The summed E-state index contributed by atoms with van der Waals surface area (Å²) < 4.78 is 5.27. The van der Waals surface area contributed by atoms with Crippen molar-refractivity contribution in [1.82, 2.24) is 10.2 Å². The van der Waals surface area contributed by atoms with Crippen LogP contribution in [0.25, 0.3) is 5.57 Å². The first-order valence-electron chi connectivity index (χ1n) is 9.49. The minimum absolute atomic E-state index is 0.0717. The van der Waals surface area contributed by atoms with E-state index in [1.807, 2.05) is 18.2 Å². The molecule has 1 aliphatic rings. The van der Waals surface area contributed by atoms with E-state index in [9.17, 15) is 4.79 Å². The molecule has 0 saturated heterocycles. The molecule has 0 aliphatic carbocycles. The molecular formula is C22H32N2O2. The molecule has 0 radical (unpaired) electrons. The number of benzene rings is 1. The maximum absolute atomic E-state index is 12.8. The van der Waals surface area contributed by atoms with E-state index >= 15 is 0 Å². The van der Waals surface area contributed by atoms with Gasteiger partial charge in [-0.05, 0) is 63.3 Å². The molecule has 1 unspecified atom stereocenters. The summed E-state index contributed by atoms with van der Waals surface area (Å²) in [7, 11) is 1.67. The van der Waals surface area contributed by atoms with Gasteiger partial charge in [-0.2, -0.15) is 0 Å². The summed E-state index contributed by atoms with van der Waals surface area (Å²) in [5.41, 5.74) is 3.19. The third-order valence-corrected chi connectivity index (χ3v) is 5.03. The fourth-order valence-electron chi connectivity index (χ4n) is 3.65. The van der Waals surface area contributed by atoms with Gasteiger partial charge < -0.3 is 10.1 Å². The number of rotatable bonds is 8. The van der Waals surface area contributed by atoms with Crippen molar-refractivity contribution in [3.05, 3.63) is 48.1 Å². The third kappa shape index (κ3) is 4.98. The van der Waals surface area contributed by atoms with E-state index in [4.69, 9.17) is 4.74 Å². The molecule has 26 heavy (non-hydrogen) atoms. The number of nitrogens with zero attached hydrogens (tertiary/aromatic N) is 1. The van der Waals surface area contributed by atoms with E-state index in [0.29, 0.717) is 6.04 Å². The van der Waals surface area contributed by atoms with Crippen LogP contribution in [0.15, 0.2) is 42.5 Å². The number of methoxy groups -OCH3 is 1. The topological polar surface area (TPSA) is 41.6 Å². The number of nitrogens with one attached hydrogen (secondary N) is 1. The van der Waals surface area contributed by atoms with Gasteiger partial charge in [0.2, 0.25) is 5.91 Å². The van der Waals surface area contributed by atoms with Crippen molar-refractivity contribution in [2.24, 2.45) is 0 Å². The molecule has 1 amide bonds. The van der Waals surface area contributed by atoms with Crippen molar-refractivity contribution in [3.8, 4) is 5.75 Å². The number of carbonyl (C=O) groups is 1. The molecule has 142 valence electrons. The zero-order chi connectivity index (χ0) is 19.1. The first kappa shape index (κ1) is 20.2. The molecule has 1 aromatic carbocycles. The first-order chi connectivity index (χ1) is 12.5. The Bertz CT molecular complexity index is 647. The summed E-state index contributed by atoms with van der Waals surface area (Å²) in [5.74, 6) is 0.904. The maximum atomic E-state index is 12.8. The zero-order valence-electron chi connectivity index (χ0n) is 16.5. The standard InChI is InChI=1S/C22H32N2O2/c1-6-14-24(16(2)3)17(4)15-21-20(8-7-13-23-22(21)25)18-9-11-19(26-5)12-10-18/h6,9-12,16-17H,1,7-8,13-15H2,2-5H3,(H,23,25). The number of ether oxygens (including phenoxy) is 1. The second-order valence-corrected chi connectivity index (χ2v) is 7.18. The molecule has 0 saturated carbocycles. The molecule has 1 heterocycles. The Morgan fingerprint density at radius 1 is 1.27 bits per heavy atom. The van der Waals surface area contributed by atoms with Crippen LogP contribution >= 0.6 is 0 Å². The molecule has 0 bridgehead atoms. The minimum atomic E-state index is 0.0717. The predicted octanol–water partition coefficient (Wildman–Crippen LogP) is 4.03. The van der Waals surface area contributed by atoms with Crippen molar-refractivity contribution < 1.29 is 9.53 Å². The quantitative estimate of drug-likeness (QED) is 0.715. The fourth-order valence-corrected chi connectivity index (χ4v) is 3.65. The molecule has 4 heteroatoms. The van der Waals surface area contributed by atoms with Gasteiger partial charge in [-0.25, -0.2) is 0 Å². The van der Waals surface area contributed by atoms with Crippen LogP contribution in [0.3, 0.4) is 0 Å². The molecule has 0 fully saturated rings. The van der Waals surface area contributed by atoms with Crippen LogP contribution in [-0.2, 0) is 4.79 Å². The lowest BCUT2D eigenvalue weighted by molar-refractivity contribution is -0.117. The van der Waals surface area contributed by atoms with Gasteiger partial charge in [0.25, 0.3) is 0 Å². The Labute approximate surface area is 157 Å². The molecular weight excluding hydrogens is 324 g/mol. The normalized spacial score (nSPS) is 16.5. The van der Waals surface area contributed by atoms with E-state index in [1.165, 1.54) is 0 Å². The van der Waals surface area contributed by atoms with E-state index in [0.717, 1.165) is 54.8 Å². The van der Waals surface area contributed by atoms with Crippen LogP contribution in [0.4, 0.5) is 0 Å². The Balaban J connectivity index is 2.36. The number of hydrogen-bond acceptors (Lipinski definition) is 3. The summed E-state index contributed by atoms with van der Waals surface area (Å²) in [4.78, 5) is 15.2. The Kier molecular flexibility index (Phi) is 7.46. The predicted molar refractivity (Wildman–Crippen MR) is 108 cm³/mol. The maximum Gasteiger partial charge on any atom is 0.247 e. The fraction of sp³-hybridized carbons (Fsp3) is 0.500. The van der Waals surface area contributed by atoms with E-state index < -0.39 is 0 Å². The third-order valence-electron chi connectivity index (χ3n) is 5.03. The van der Waals surface area contributed by atoms with E-state index in [1.54, 1.807) is 7.11 Å². The van der Waals surface area contributed by atoms with E-state index in [-0.39, 0.29) is 11.9 Å². The van der Waals surface area contributed by atoms with Gasteiger partial charge in [-0.1, -0.05) is 18.2 Å². The highest BCUT2D eigenvalue weighted by atomic mass is 16.5. The summed E-state index contributed by atoms with van der Waals surface area (Å²) in [6, 6.07) is 8.71. The van der Waals surface area contributed by atoms with Crippen LogP contribution in [0.1, 0.15) is 45.6 Å². The largest absolute Gasteiger partial charge is 0.497 e. The van der Waals surface area contributed by atoms with Gasteiger partial charge in [-0.15, -0.1) is 6.58 Å². The summed E-state index contributed by atoms with van der Waals surface area (Å²) in [6.07, 6.45) is 4.55. The molecule has 1 aromatic rings. The Morgan fingerprint density at radius 3 is 2.54 bits per heavy atom. The van der Waals surface area contributed by atoms with Gasteiger partial charge in [0, 0.05) is 30.7 Å². The number of allylic oxidation sites excluding steroid dienone is 1. The zero-order valence-corrected chi connectivity index (χ0v) is 16.5. The van der Waals surface area contributed by atoms with Crippen LogP contribution < -0.4 is 10.1 Å². The van der Waals surface area contributed by atoms with Gasteiger partial charge in [-0.3, -0.25) is 9.69 Å². The van der Waals surface area contributed by atoms with Gasteiger partial charge in [0.05, 0.1) is 7.11 Å². The molecule has 1 aliphatic heterocycles. The molecule has 1 N–H and O–H groups in total. The summed E-state index contributed by atoms with van der Waals surface area (Å²) in [6.45, 7) is 12.0. The van der Waals surface area contributed by atoms with Crippen LogP contribution in [0.5, 0.6) is 5.75 Å². The average Bonchev–Trinajstić information content (AvgIpc) is 2.81. The minimum Gasteiger partial charge on any atom is -0.497 e.